The van der Waals surface area contributed by atoms with Crippen molar-refractivity contribution in [2.75, 3.05) is 47.8 Å². The second kappa shape index (κ2) is 6.85. The molecule has 24 heavy (non-hydrogen) atoms. The SMILES string of the molecule is CC(C)CNc1c(N2CCN(c3cccc(Cl)c3)CC2)c(=O)c1=O. The molecule has 1 aliphatic heterocycles. The lowest BCUT2D eigenvalue weighted by Gasteiger charge is -2.38. The van der Waals surface area contributed by atoms with Crippen molar-refractivity contribution in [1.29, 1.82) is 0 Å². The number of rotatable bonds is 5. The van der Waals surface area contributed by atoms with Crippen molar-refractivity contribution in [3.8, 4) is 0 Å². The number of benzene rings is 1. The second-order valence-electron chi connectivity index (χ2n) is 6.61. The Bertz CT molecular complexity index is 788. The van der Waals surface area contributed by atoms with E-state index in [9.17, 15) is 9.59 Å². The molecule has 1 fully saturated rings. The van der Waals surface area contributed by atoms with Gasteiger partial charge in [-0.1, -0.05) is 31.5 Å². The van der Waals surface area contributed by atoms with Gasteiger partial charge in [0.15, 0.2) is 0 Å². The third-order valence-corrected chi connectivity index (χ3v) is 4.58. The maximum Gasteiger partial charge on any atom is 0.253 e. The van der Waals surface area contributed by atoms with E-state index in [0.29, 0.717) is 36.9 Å². The fourth-order valence-electron chi connectivity index (χ4n) is 3.01. The molecule has 0 saturated carbocycles. The van der Waals surface area contributed by atoms with Crippen LogP contribution < -0.4 is 26.0 Å². The van der Waals surface area contributed by atoms with Crippen molar-refractivity contribution >= 4 is 28.7 Å². The summed E-state index contributed by atoms with van der Waals surface area (Å²) in [5.41, 5.74) is 1.39. The molecule has 0 radical (unpaired) electrons. The average Bonchev–Trinajstić information content (AvgIpc) is 2.57. The number of piperazine rings is 1. The van der Waals surface area contributed by atoms with Crippen molar-refractivity contribution in [1.82, 2.24) is 0 Å². The topological polar surface area (TPSA) is 52.6 Å². The molecule has 0 amide bonds. The Morgan fingerprint density at radius 3 is 2.38 bits per heavy atom. The summed E-state index contributed by atoms with van der Waals surface area (Å²) in [6.07, 6.45) is 0. The van der Waals surface area contributed by atoms with Gasteiger partial charge in [0.05, 0.1) is 0 Å². The summed E-state index contributed by atoms with van der Waals surface area (Å²) in [5, 5.41) is 3.85. The van der Waals surface area contributed by atoms with Crippen LogP contribution in [0.4, 0.5) is 17.1 Å². The minimum absolute atomic E-state index is 0.363. The van der Waals surface area contributed by atoms with Crippen molar-refractivity contribution in [2.24, 2.45) is 5.92 Å². The molecule has 1 N–H and O–H groups in total. The van der Waals surface area contributed by atoms with E-state index < -0.39 is 0 Å². The predicted octanol–water partition coefficient (Wildman–Crippen LogP) is 2.33. The van der Waals surface area contributed by atoms with Gasteiger partial charge in [-0.15, -0.1) is 0 Å². The van der Waals surface area contributed by atoms with Gasteiger partial charge in [0, 0.05) is 43.4 Å². The summed E-state index contributed by atoms with van der Waals surface area (Å²) in [5.74, 6) is 0.418. The quantitative estimate of drug-likeness (QED) is 0.841. The molecule has 1 heterocycles. The molecule has 5 nitrogen and oxygen atoms in total. The highest BCUT2D eigenvalue weighted by Crippen LogP contribution is 2.25. The van der Waals surface area contributed by atoms with E-state index in [0.717, 1.165) is 23.8 Å². The largest absolute Gasteiger partial charge is 0.380 e. The maximum atomic E-state index is 12.0. The van der Waals surface area contributed by atoms with Crippen LogP contribution in [-0.2, 0) is 0 Å². The Labute approximate surface area is 146 Å². The van der Waals surface area contributed by atoms with Gasteiger partial charge in [-0.05, 0) is 24.1 Å². The Hall–Kier alpha value is -2.01. The maximum absolute atomic E-state index is 12.0. The zero-order valence-corrected chi connectivity index (χ0v) is 14.8. The minimum Gasteiger partial charge on any atom is -0.380 e. The summed E-state index contributed by atoms with van der Waals surface area (Å²) in [6.45, 7) is 7.86. The van der Waals surface area contributed by atoms with Gasteiger partial charge >= 0.3 is 0 Å². The standard InChI is InChI=1S/C18H22ClN3O2/c1-12(2)11-20-15-16(18(24)17(15)23)22-8-6-21(7-9-22)14-5-3-4-13(19)10-14/h3-5,10,12,20H,6-9,11H2,1-2H3. The zero-order valence-electron chi connectivity index (χ0n) is 14.0. The molecule has 3 rings (SSSR count). The van der Waals surface area contributed by atoms with Crippen LogP contribution in [0.25, 0.3) is 0 Å². The van der Waals surface area contributed by atoms with E-state index in [4.69, 9.17) is 11.6 Å². The van der Waals surface area contributed by atoms with Crippen LogP contribution in [0.5, 0.6) is 0 Å². The molecule has 0 bridgehead atoms. The van der Waals surface area contributed by atoms with Crippen molar-refractivity contribution in [2.45, 2.75) is 13.8 Å². The van der Waals surface area contributed by atoms with Gasteiger partial charge in [0.1, 0.15) is 11.4 Å². The van der Waals surface area contributed by atoms with E-state index >= 15 is 0 Å². The normalized spacial score (nSPS) is 15.3. The third-order valence-electron chi connectivity index (χ3n) is 4.34. The molecule has 0 aromatic heterocycles. The monoisotopic (exact) mass is 347 g/mol. The summed E-state index contributed by atoms with van der Waals surface area (Å²) in [6, 6.07) is 7.78. The molecule has 2 aromatic carbocycles. The van der Waals surface area contributed by atoms with Gasteiger partial charge in [-0.2, -0.15) is 0 Å². The first-order chi connectivity index (χ1) is 11.5. The molecule has 0 atom stereocenters. The van der Waals surface area contributed by atoms with Crippen LogP contribution in [-0.4, -0.2) is 32.7 Å². The molecule has 0 unspecified atom stereocenters. The highest BCUT2D eigenvalue weighted by molar-refractivity contribution is 6.30. The average molecular weight is 348 g/mol. The molecular weight excluding hydrogens is 326 g/mol. The number of nitrogens with one attached hydrogen (secondary N) is 1. The fourth-order valence-corrected chi connectivity index (χ4v) is 3.20. The van der Waals surface area contributed by atoms with E-state index in [1.54, 1.807) is 0 Å². The van der Waals surface area contributed by atoms with E-state index in [2.05, 4.69) is 24.1 Å². The van der Waals surface area contributed by atoms with E-state index in [1.165, 1.54) is 0 Å². The number of nitrogens with zero attached hydrogens (tertiary/aromatic N) is 2. The van der Waals surface area contributed by atoms with Crippen LogP contribution in [0.15, 0.2) is 33.9 Å². The number of anilines is 3. The van der Waals surface area contributed by atoms with E-state index in [1.807, 2.05) is 29.2 Å². The van der Waals surface area contributed by atoms with Gasteiger partial charge in [0.25, 0.3) is 10.9 Å². The van der Waals surface area contributed by atoms with Crippen LogP contribution in [0.2, 0.25) is 5.02 Å². The molecule has 6 heteroatoms. The first-order valence-electron chi connectivity index (χ1n) is 8.30. The molecule has 2 aromatic rings. The lowest BCUT2D eigenvalue weighted by atomic mass is 10.1. The van der Waals surface area contributed by atoms with Gasteiger partial charge in [0.2, 0.25) is 0 Å². The summed E-state index contributed by atoms with van der Waals surface area (Å²) in [7, 11) is 0. The Morgan fingerprint density at radius 2 is 1.75 bits per heavy atom. The first-order valence-corrected chi connectivity index (χ1v) is 8.68. The number of hydrogen-bond acceptors (Lipinski definition) is 5. The highest BCUT2D eigenvalue weighted by Gasteiger charge is 2.28. The van der Waals surface area contributed by atoms with Crippen molar-refractivity contribution < 1.29 is 0 Å². The van der Waals surface area contributed by atoms with Crippen molar-refractivity contribution in [3.63, 3.8) is 0 Å². The fraction of sp³-hybridized carbons (Fsp3) is 0.444. The smallest absolute Gasteiger partial charge is 0.253 e. The Morgan fingerprint density at radius 1 is 1.08 bits per heavy atom. The molecule has 1 saturated heterocycles. The Balaban J connectivity index is 1.68. The lowest BCUT2D eigenvalue weighted by molar-refractivity contribution is 0.648. The van der Waals surface area contributed by atoms with Crippen LogP contribution in [0, 0.1) is 5.92 Å². The van der Waals surface area contributed by atoms with Crippen molar-refractivity contribution in [3.05, 3.63) is 49.7 Å². The molecule has 1 aliphatic rings. The third kappa shape index (κ3) is 3.26. The van der Waals surface area contributed by atoms with Gasteiger partial charge in [-0.3, -0.25) is 9.59 Å². The number of halogens is 1. The molecule has 128 valence electrons. The Kier molecular flexibility index (Phi) is 4.81. The van der Waals surface area contributed by atoms with Crippen LogP contribution in [0.1, 0.15) is 13.8 Å². The first kappa shape index (κ1) is 16.8. The second-order valence-corrected chi connectivity index (χ2v) is 7.05. The zero-order chi connectivity index (χ0) is 17.3. The molecule has 0 aliphatic carbocycles. The highest BCUT2D eigenvalue weighted by atomic mass is 35.5. The minimum atomic E-state index is -0.386. The van der Waals surface area contributed by atoms with E-state index in [-0.39, 0.29) is 10.9 Å². The summed E-state index contributed by atoms with van der Waals surface area (Å²) in [4.78, 5) is 28.1. The lowest BCUT2D eigenvalue weighted by Crippen LogP contribution is -2.51. The predicted molar refractivity (Wildman–Crippen MR) is 101 cm³/mol. The number of hydrogen-bond donors (Lipinski definition) is 1. The van der Waals surface area contributed by atoms with Crippen LogP contribution >= 0.6 is 11.6 Å². The van der Waals surface area contributed by atoms with Gasteiger partial charge < -0.3 is 15.1 Å². The summed E-state index contributed by atoms with van der Waals surface area (Å²) >= 11 is 6.05. The van der Waals surface area contributed by atoms with Gasteiger partial charge in [-0.25, -0.2) is 0 Å². The molecule has 0 spiro atoms. The summed E-state index contributed by atoms with van der Waals surface area (Å²) < 4.78 is 0. The molecular formula is C18H22ClN3O2. The van der Waals surface area contributed by atoms with Crippen LogP contribution in [0.3, 0.4) is 0 Å².